The van der Waals surface area contributed by atoms with Crippen molar-refractivity contribution in [1.29, 1.82) is 0 Å². The number of benzene rings is 1. The van der Waals surface area contributed by atoms with E-state index in [9.17, 15) is 9.59 Å². The monoisotopic (exact) mass is 340 g/mol. The summed E-state index contributed by atoms with van der Waals surface area (Å²) in [6.07, 6.45) is 1.58. The van der Waals surface area contributed by atoms with E-state index in [0.29, 0.717) is 31.1 Å². The van der Waals surface area contributed by atoms with Crippen LogP contribution < -0.4 is 20.3 Å². The Morgan fingerprint density at radius 3 is 2.84 bits per heavy atom. The zero-order valence-electron chi connectivity index (χ0n) is 14.0. The molecule has 0 aliphatic carbocycles. The van der Waals surface area contributed by atoms with Crippen LogP contribution in [0.15, 0.2) is 42.6 Å². The SMILES string of the molecule is COc1ncccc1C(=O)NCc1ccc(N2CCNC(=O)C2)cc1. The van der Waals surface area contributed by atoms with Crippen molar-refractivity contribution < 1.29 is 14.3 Å². The Kier molecular flexibility index (Phi) is 5.13. The Labute approximate surface area is 146 Å². The summed E-state index contributed by atoms with van der Waals surface area (Å²) in [6.45, 7) is 2.22. The van der Waals surface area contributed by atoms with Crippen molar-refractivity contribution in [1.82, 2.24) is 15.6 Å². The lowest BCUT2D eigenvalue weighted by atomic mass is 10.1. The number of ether oxygens (including phenoxy) is 1. The smallest absolute Gasteiger partial charge is 0.257 e. The molecule has 0 atom stereocenters. The van der Waals surface area contributed by atoms with Crippen molar-refractivity contribution in [2.24, 2.45) is 0 Å². The van der Waals surface area contributed by atoms with Gasteiger partial charge in [-0.3, -0.25) is 9.59 Å². The molecule has 1 fully saturated rings. The number of anilines is 1. The maximum atomic E-state index is 12.3. The van der Waals surface area contributed by atoms with Crippen LogP contribution in [0.2, 0.25) is 0 Å². The number of nitrogens with zero attached hydrogens (tertiary/aromatic N) is 2. The van der Waals surface area contributed by atoms with E-state index in [1.54, 1.807) is 18.3 Å². The maximum absolute atomic E-state index is 12.3. The summed E-state index contributed by atoms with van der Waals surface area (Å²) in [7, 11) is 1.48. The van der Waals surface area contributed by atoms with Crippen molar-refractivity contribution >= 4 is 17.5 Å². The number of pyridine rings is 1. The molecular weight excluding hydrogens is 320 g/mol. The summed E-state index contributed by atoms with van der Waals surface area (Å²) in [6, 6.07) is 11.2. The van der Waals surface area contributed by atoms with Gasteiger partial charge in [0.05, 0.1) is 13.7 Å². The van der Waals surface area contributed by atoms with Gasteiger partial charge in [-0.25, -0.2) is 4.98 Å². The van der Waals surface area contributed by atoms with Gasteiger partial charge in [-0.1, -0.05) is 12.1 Å². The number of nitrogens with one attached hydrogen (secondary N) is 2. The van der Waals surface area contributed by atoms with E-state index in [0.717, 1.165) is 17.8 Å². The summed E-state index contributed by atoms with van der Waals surface area (Å²) in [5.41, 5.74) is 2.38. The highest BCUT2D eigenvalue weighted by atomic mass is 16.5. The third-order valence-electron chi connectivity index (χ3n) is 4.00. The number of amides is 2. The number of methoxy groups -OCH3 is 1. The van der Waals surface area contributed by atoms with Gasteiger partial charge >= 0.3 is 0 Å². The van der Waals surface area contributed by atoms with Gasteiger partial charge in [0.25, 0.3) is 5.91 Å². The summed E-state index contributed by atoms with van der Waals surface area (Å²) >= 11 is 0. The number of hydrogen-bond donors (Lipinski definition) is 2. The number of piperazine rings is 1. The van der Waals surface area contributed by atoms with Crippen molar-refractivity contribution in [2.75, 3.05) is 31.6 Å². The van der Waals surface area contributed by atoms with Crippen LogP contribution in [0.25, 0.3) is 0 Å². The molecule has 0 saturated carbocycles. The van der Waals surface area contributed by atoms with Gasteiger partial charge in [0.15, 0.2) is 0 Å². The molecule has 25 heavy (non-hydrogen) atoms. The number of aromatic nitrogens is 1. The van der Waals surface area contributed by atoms with E-state index in [4.69, 9.17) is 4.74 Å². The van der Waals surface area contributed by atoms with E-state index in [1.165, 1.54) is 7.11 Å². The standard InChI is InChI=1S/C18H20N4O3/c1-25-18-15(3-2-8-20-18)17(24)21-11-13-4-6-14(7-5-13)22-10-9-19-16(23)12-22/h2-8H,9-12H2,1H3,(H,19,23)(H,21,24). The average Bonchev–Trinajstić information content (AvgIpc) is 2.66. The predicted octanol–water partition coefficient (Wildman–Crippen LogP) is 0.956. The molecule has 3 rings (SSSR count). The molecule has 7 heteroatoms. The molecule has 2 heterocycles. The Morgan fingerprint density at radius 2 is 2.12 bits per heavy atom. The Balaban J connectivity index is 1.60. The van der Waals surface area contributed by atoms with E-state index < -0.39 is 0 Å². The largest absolute Gasteiger partial charge is 0.480 e. The van der Waals surface area contributed by atoms with Crippen LogP contribution in [0.1, 0.15) is 15.9 Å². The Bertz CT molecular complexity index is 761. The van der Waals surface area contributed by atoms with Crippen LogP contribution in [-0.4, -0.2) is 43.5 Å². The minimum absolute atomic E-state index is 0.0352. The first-order valence-corrected chi connectivity index (χ1v) is 8.05. The predicted molar refractivity (Wildman–Crippen MR) is 93.6 cm³/mol. The van der Waals surface area contributed by atoms with Gasteiger partial charge in [-0.05, 0) is 29.8 Å². The second-order valence-corrected chi connectivity index (χ2v) is 5.68. The van der Waals surface area contributed by atoms with Gasteiger partial charge in [0, 0.05) is 31.5 Å². The topological polar surface area (TPSA) is 83.6 Å². The molecule has 1 aromatic heterocycles. The molecule has 2 aromatic rings. The van der Waals surface area contributed by atoms with E-state index >= 15 is 0 Å². The van der Waals surface area contributed by atoms with Crippen LogP contribution >= 0.6 is 0 Å². The summed E-state index contributed by atoms with van der Waals surface area (Å²) in [5, 5.41) is 5.67. The highest BCUT2D eigenvalue weighted by Crippen LogP contribution is 2.17. The fourth-order valence-corrected chi connectivity index (χ4v) is 2.69. The van der Waals surface area contributed by atoms with E-state index in [1.807, 2.05) is 29.2 Å². The molecule has 1 aliphatic rings. The molecule has 0 bridgehead atoms. The number of carbonyl (C=O) groups excluding carboxylic acids is 2. The molecule has 7 nitrogen and oxygen atoms in total. The van der Waals surface area contributed by atoms with Gasteiger partial charge < -0.3 is 20.3 Å². The van der Waals surface area contributed by atoms with E-state index in [-0.39, 0.29) is 11.8 Å². The number of rotatable bonds is 5. The average molecular weight is 340 g/mol. The second-order valence-electron chi connectivity index (χ2n) is 5.68. The van der Waals surface area contributed by atoms with Gasteiger partial charge in [0.1, 0.15) is 5.56 Å². The molecule has 1 aliphatic heterocycles. The summed E-state index contributed by atoms with van der Waals surface area (Å²) in [5.74, 6) is 0.105. The molecule has 0 radical (unpaired) electrons. The lowest BCUT2D eigenvalue weighted by Crippen LogP contribution is -2.47. The molecule has 1 aromatic carbocycles. The highest BCUT2D eigenvalue weighted by Gasteiger charge is 2.16. The van der Waals surface area contributed by atoms with Gasteiger partial charge in [-0.2, -0.15) is 0 Å². The first-order valence-electron chi connectivity index (χ1n) is 8.05. The fraction of sp³-hybridized carbons (Fsp3) is 0.278. The molecule has 130 valence electrons. The summed E-state index contributed by atoms with van der Waals surface area (Å²) < 4.78 is 5.10. The second kappa shape index (κ2) is 7.65. The minimum Gasteiger partial charge on any atom is -0.480 e. The lowest BCUT2D eigenvalue weighted by molar-refractivity contribution is -0.120. The van der Waals surface area contributed by atoms with E-state index in [2.05, 4.69) is 15.6 Å². The summed E-state index contributed by atoms with van der Waals surface area (Å²) in [4.78, 5) is 29.8. The van der Waals surface area contributed by atoms with Crippen molar-refractivity contribution in [3.8, 4) is 5.88 Å². The third kappa shape index (κ3) is 4.06. The molecule has 2 N–H and O–H groups in total. The Hall–Kier alpha value is -3.09. The first-order chi connectivity index (χ1) is 12.2. The van der Waals surface area contributed by atoms with Crippen molar-refractivity contribution in [3.63, 3.8) is 0 Å². The number of carbonyl (C=O) groups is 2. The van der Waals surface area contributed by atoms with Crippen molar-refractivity contribution in [3.05, 3.63) is 53.7 Å². The first kappa shape index (κ1) is 16.8. The normalized spacial score (nSPS) is 14.0. The van der Waals surface area contributed by atoms with Crippen LogP contribution in [0.3, 0.4) is 0 Å². The molecule has 1 saturated heterocycles. The molecule has 0 unspecified atom stereocenters. The highest BCUT2D eigenvalue weighted by molar-refractivity contribution is 5.96. The Morgan fingerprint density at radius 1 is 1.32 bits per heavy atom. The zero-order chi connectivity index (χ0) is 17.6. The molecule has 2 amide bonds. The minimum atomic E-state index is -0.235. The maximum Gasteiger partial charge on any atom is 0.257 e. The zero-order valence-corrected chi connectivity index (χ0v) is 14.0. The molecular formula is C18H20N4O3. The lowest BCUT2D eigenvalue weighted by Gasteiger charge is -2.28. The van der Waals surface area contributed by atoms with Crippen LogP contribution in [0, 0.1) is 0 Å². The van der Waals surface area contributed by atoms with Crippen molar-refractivity contribution in [2.45, 2.75) is 6.54 Å². The van der Waals surface area contributed by atoms with Crippen LogP contribution in [-0.2, 0) is 11.3 Å². The van der Waals surface area contributed by atoms with Crippen LogP contribution in [0.5, 0.6) is 5.88 Å². The molecule has 0 spiro atoms. The third-order valence-corrected chi connectivity index (χ3v) is 4.00. The van der Waals surface area contributed by atoms with Gasteiger partial charge in [0.2, 0.25) is 11.8 Å². The fourth-order valence-electron chi connectivity index (χ4n) is 2.69. The van der Waals surface area contributed by atoms with Crippen LogP contribution in [0.4, 0.5) is 5.69 Å². The quantitative estimate of drug-likeness (QED) is 0.847. The van der Waals surface area contributed by atoms with Gasteiger partial charge in [-0.15, -0.1) is 0 Å². The number of hydrogen-bond acceptors (Lipinski definition) is 5.